The van der Waals surface area contributed by atoms with Gasteiger partial charge in [-0.1, -0.05) is 0 Å². The molecule has 0 unspecified atom stereocenters. The highest BCUT2D eigenvalue weighted by atomic mass is 19.4. The zero-order valence-electron chi connectivity index (χ0n) is 37.1. The zero-order valence-corrected chi connectivity index (χ0v) is 37.1. The molecule has 0 atom stereocenters. The van der Waals surface area contributed by atoms with E-state index in [0.717, 1.165) is 0 Å². The summed E-state index contributed by atoms with van der Waals surface area (Å²) in [6.07, 6.45) is -45.7. The van der Waals surface area contributed by atoms with Crippen LogP contribution < -0.4 is 0 Å². The lowest BCUT2D eigenvalue weighted by Crippen LogP contribution is -2.43. The molecule has 0 aromatic heterocycles. The molecular weight excluding hydrogens is 1120 g/mol. The second kappa shape index (κ2) is 17.9. The summed E-state index contributed by atoms with van der Waals surface area (Å²) in [5.74, 6) is -8.25. The van der Waals surface area contributed by atoms with Crippen molar-refractivity contribution in [2.75, 3.05) is 0 Å². The van der Waals surface area contributed by atoms with Gasteiger partial charge in [0.05, 0.1) is 68.7 Å². The Bertz CT molecular complexity index is 3190. The molecular formula is C48H18F24N2O4. The lowest BCUT2D eigenvalue weighted by atomic mass is 9.78. The number of alkyl halides is 24. The first-order valence-electron chi connectivity index (χ1n) is 20.9. The summed E-state index contributed by atoms with van der Waals surface area (Å²) in [7, 11) is 0. The van der Waals surface area contributed by atoms with Crippen LogP contribution in [0.5, 0.6) is 0 Å². The van der Waals surface area contributed by atoms with Crippen LogP contribution in [-0.2, 0) is 62.5 Å². The van der Waals surface area contributed by atoms with Gasteiger partial charge in [0.1, 0.15) is 0 Å². The third-order valence-corrected chi connectivity index (χ3v) is 12.0. The molecule has 0 radical (unpaired) electrons. The van der Waals surface area contributed by atoms with E-state index < -0.39 is 221 Å². The Labute approximate surface area is 416 Å². The zero-order chi connectivity index (χ0) is 58.3. The predicted octanol–water partition coefficient (Wildman–Crippen LogP) is 15.9. The maximum atomic E-state index is 14.8. The van der Waals surface area contributed by atoms with Crippen molar-refractivity contribution in [3.05, 3.63) is 163 Å². The first-order chi connectivity index (χ1) is 35.3. The molecule has 6 aromatic carbocycles. The molecule has 30 heteroatoms. The Hall–Kier alpha value is -7.82. The fourth-order valence-electron chi connectivity index (χ4n) is 8.71. The van der Waals surface area contributed by atoms with Crippen molar-refractivity contribution in [1.29, 1.82) is 0 Å². The van der Waals surface area contributed by atoms with Gasteiger partial charge in [0.2, 0.25) is 0 Å². The van der Waals surface area contributed by atoms with Crippen LogP contribution >= 0.6 is 0 Å². The molecule has 0 saturated heterocycles. The summed E-state index contributed by atoms with van der Waals surface area (Å²) in [5, 5.41) is -2.61. The molecule has 6 nitrogen and oxygen atoms in total. The maximum absolute atomic E-state index is 14.8. The maximum Gasteiger partial charge on any atom is 0.416 e. The average molecular weight is 1140 g/mol. The summed E-state index contributed by atoms with van der Waals surface area (Å²) in [5.41, 5.74) is -31.3. The van der Waals surface area contributed by atoms with Crippen LogP contribution in [0.25, 0.3) is 33.0 Å². The standard InChI is InChI=1S/C48H18F24N2O4/c49-41(50,51)21-1-17(2-22(9-21)42(52,53)54)15-73-37(75)31-13-30(20-7-27(47(67,68)69)12-28(8-20)48(70,71)72)36-34-32(38(76)74(40(36)78)16-18-3-23(43(55,56)57)10-24(4-18)44(58,59)60)14-29(35(33(31)34)39(73)77)19-5-25(45(61,62)63)11-26(6-19)46(64,65)66/h1-14H,15-16H2. The van der Waals surface area contributed by atoms with Crippen LogP contribution in [0.1, 0.15) is 97.1 Å². The first-order valence-corrected chi connectivity index (χ1v) is 20.9. The van der Waals surface area contributed by atoms with E-state index in [-0.39, 0.29) is 70.5 Å². The Morgan fingerprint density at radius 3 is 0.667 bits per heavy atom. The number of nitrogens with zero attached hydrogens (tertiary/aromatic N) is 2. The summed E-state index contributed by atoms with van der Waals surface area (Å²) in [6, 6.07) is -2.52. The second-order valence-electron chi connectivity index (χ2n) is 17.3. The fourth-order valence-corrected chi connectivity index (χ4v) is 8.71. The fraction of sp³-hybridized carbons (Fsp3) is 0.208. The van der Waals surface area contributed by atoms with Crippen LogP contribution in [0, 0.1) is 0 Å². The van der Waals surface area contributed by atoms with Crippen LogP contribution in [0.15, 0.2) is 84.9 Å². The third-order valence-electron chi connectivity index (χ3n) is 12.0. The summed E-state index contributed by atoms with van der Waals surface area (Å²) < 4.78 is 341. The van der Waals surface area contributed by atoms with E-state index in [1.807, 2.05) is 0 Å². The molecule has 2 heterocycles. The molecule has 0 spiro atoms. The lowest BCUT2D eigenvalue weighted by Gasteiger charge is -2.35. The van der Waals surface area contributed by atoms with Gasteiger partial charge in [0.15, 0.2) is 0 Å². The van der Waals surface area contributed by atoms with E-state index >= 15 is 0 Å². The number of amides is 4. The van der Waals surface area contributed by atoms with Gasteiger partial charge in [-0.15, -0.1) is 0 Å². The van der Waals surface area contributed by atoms with Gasteiger partial charge in [0, 0.05) is 21.9 Å². The molecule has 0 N–H and O–H groups in total. The molecule has 78 heavy (non-hydrogen) atoms. The molecule has 412 valence electrons. The van der Waals surface area contributed by atoms with E-state index in [0.29, 0.717) is 0 Å². The number of carbonyl (C=O) groups excluding carboxylic acids is 4. The van der Waals surface area contributed by atoms with E-state index in [1.165, 1.54) is 0 Å². The number of rotatable bonds is 6. The van der Waals surface area contributed by atoms with Gasteiger partial charge >= 0.3 is 49.4 Å². The Kier molecular flexibility index (Phi) is 12.9. The van der Waals surface area contributed by atoms with Crippen molar-refractivity contribution < 1.29 is 125 Å². The number of carbonyl (C=O) groups is 4. The largest absolute Gasteiger partial charge is 0.416 e. The van der Waals surface area contributed by atoms with Crippen molar-refractivity contribution in [2.45, 2.75) is 62.5 Å². The molecule has 0 saturated carbocycles. The normalized spacial score (nSPS) is 15.1. The minimum absolute atomic E-state index is 0.0739. The van der Waals surface area contributed by atoms with E-state index in [4.69, 9.17) is 0 Å². The lowest BCUT2D eigenvalue weighted by molar-refractivity contribution is -0.144. The SMILES string of the molecule is O=C1c2cc(-c3cc(C(F)(F)F)cc(C(F)(F)F)c3)c3c4c(cc(-c5cc(C(F)(F)F)cc(C(F)(F)F)c5)c(c24)C(=O)N1Cc1cc(C(F)(F)F)cc(C(F)(F)F)c1)C(=O)N(Cc1cc(C(F)(F)F)cc(C(F)(F)F)c1)C3=O. The average Bonchev–Trinajstić information content (AvgIpc) is 3.35. The van der Waals surface area contributed by atoms with Gasteiger partial charge in [-0.05, 0) is 118 Å². The van der Waals surface area contributed by atoms with Crippen molar-refractivity contribution in [2.24, 2.45) is 0 Å². The molecule has 2 aliphatic heterocycles. The highest BCUT2D eigenvalue weighted by Gasteiger charge is 2.47. The monoisotopic (exact) mass is 1140 g/mol. The Morgan fingerprint density at radius 2 is 0.462 bits per heavy atom. The molecule has 6 aromatic rings. The molecule has 2 aliphatic rings. The van der Waals surface area contributed by atoms with Gasteiger partial charge in [-0.25, -0.2) is 0 Å². The van der Waals surface area contributed by atoms with Crippen LogP contribution in [0.3, 0.4) is 0 Å². The minimum Gasteiger partial charge on any atom is -0.270 e. The molecule has 0 fully saturated rings. The Balaban J connectivity index is 1.53. The highest BCUT2D eigenvalue weighted by molar-refractivity contribution is 6.36. The van der Waals surface area contributed by atoms with Crippen LogP contribution in [0.2, 0.25) is 0 Å². The Morgan fingerprint density at radius 1 is 0.256 bits per heavy atom. The number of imide groups is 2. The van der Waals surface area contributed by atoms with Crippen LogP contribution in [-0.4, -0.2) is 33.4 Å². The third kappa shape index (κ3) is 10.4. The smallest absolute Gasteiger partial charge is 0.270 e. The van der Waals surface area contributed by atoms with Gasteiger partial charge < -0.3 is 0 Å². The minimum atomic E-state index is -5.78. The van der Waals surface area contributed by atoms with Crippen molar-refractivity contribution in [3.8, 4) is 22.3 Å². The number of benzene rings is 6. The van der Waals surface area contributed by atoms with Gasteiger partial charge in [-0.2, -0.15) is 105 Å². The van der Waals surface area contributed by atoms with E-state index in [1.54, 1.807) is 0 Å². The summed E-state index contributed by atoms with van der Waals surface area (Å²) >= 11 is 0. The topological polar surface area (TPSA) is 74.8 Å². The van der Waals surface area contributed by atoms with Gasteiger partial charge in [-0.3, -0.25) is 29.0 Å². The van der Waals surface area contributed by atoms with Crippen LogP contribution in [0.4, 0.5) is 105 Å². The molecule has 4 amide bonds. The van der Waals surface area contributed by atoms with Crippen molar-refractivity contribution in [1.82, 2.24) is 9.80 Å². The first kappa shape index (κ1) is 56.4. The van der Waals surface area contributed by atoms with Crippen molar-refractivity contribution >= 4 is 34.4 Å². The predicted molar refractivity (Wildman–Crippen MR) is 216 cm³/mol. The number of hydrogen-bond donors (Lipinski definition) is 0. The summed E-state index contributed by atoms with van der Waals surface area (Å²) in [4.78, 5) is 58.4. The summed E-state index contributed by atoms with van der Waals surface area (Å²) in [6.45, 7) is -3.57. The van der Waals surface area contributed by atoms with E-state index in [9.17, 15) is 125 Å². The highest BCUT2D eigenvalue weighted by Crippen LogP contribution is 2.50. The van der Waals surface area contributed by atoms with Crippen molar-refractivity contribution in [3.63, 3.8) is 0 Å². The van der Waals surface area contributed by atoms with Gasteiger partial charge in [0.25, 0.3) is 23.6 Å². The van der Waals surface area contributed by atoms with E-state index in [2.05, 4.69) is 0 Å². The number of hydrogen-bond acceptors (Lipinski definition) is 4. The second-order valence-corrected chi connectivity index (χ2v) is 17.3. The molecule has 0 aliphatic carbocycles. The number of halogens is 24. The quantitative estimate of drug-likeness (QED) is 0.123. The molecule has 0 bridgehead atoms. The molecule has 8 rings (SSSR count).